The van der Waals surface area contributed by atoms with Crippen molar-refractivity contribution in [3.8, 4) is 22.5 Å². The van der Waals surface area contributed by atoms with Crippen LogP contribution >= 0.6 is 0 Å². The predicted molar refractivity (Wildman–Crippen MR) is 145 cm³/mol. The molecule has 0 aliphatic rings. The van der Waals surface area contributed by atoms with Crippen LogP contribution < -0.4 is 4.31 Å². The Morgan fingerprint density at radius 1 is 1.03 bits per heavy atom. The Balaban J connectivity index is 1.99. The maximum Gasteiger partial charge on any atom is 0.342 e. The zero-order valence-corrected chi connectivity index (χ0v) is 22.9. The first-order chi connectivity index (χ1) is 18.4. The maximum atomic E-state index is 13.6. The van der Waals surface area contributed by atoms with Crippen molar-refractivity contribution in [2.75, 3.05) is 18.0 Å². The third kappa shape index (κ3) is 6.02. The fourth-order valence-corrected chi connectivity index (χ4v) is 4.38. The van der Waals surface area contributed by atoms with Crippen molar-refractivity contribution in [1.29, 1.82) is 0 Å². The number of furan rings is 1. The molecule has 1 atom stereocenters. The first-order valence-corrected chi connectivity index (χ1v) is 13.1. The van der Waals surface area contributed by atoms with Crippen molar-refractivity contribution < 1.29 is 36.6 Å². The lowest BCUT2D eigenvalue weighted by Crippen LogP contribution is -2.23. The van der Waals surface area contributed by atoms with Crippen LogP contribution in [-0.2, 0) is 20.7 Å². The number of benzene rings is 3. The minimum atomic E-state index is -2.65. The molecule has 4 rings (SSSR count). The second-order valence-electron chi connectivity index (χ2n) is 9.70. The average molecular weight is 553 g/mol. The third-order valence-electron chi connectivity index (χ3n) is 5.76. The monoisotopic (exact) mass is 552 g/mol. The Hall–Kier alpha value is -4.02. The van der Waals surface area contributed by atoms with E-state index >= 15 is 0 Å². The van der Waals surface area contributed by atoms with E-state index in [2.05, 4.69) is 0 Å². The first-order valence-electron chi connectivity index (χ1n) is 12.1. The lowest BCUT2D eigenvalue weighted by Gasteiger charge is -2.24. The zero-order chi connectivity index (χ0) is 28.5. The van der Waals surface area contributed by atoms with Crippen molar-refractivity contribution in [3.05, 3.63) is 77.6 Å². The van der Waals surface area contributed by atoms with Crippen LogP contribution in [0.25, 0.3) is 33.4 Å². The molecule has 8 nitrogen and oxygen atoms in total. The number of hydrogen-bond acceptors (Lipinski definition) is 7. The minimum absolute atomic E-state index is 0.106. The summed E-state index contributed by atoms with van der Waals surface area (Å²) in [6.07, 6.45) is 0. The van der Waals surface area contributed by atoms with Gasteiger partial charge >= 0.3 is 11.9 Å². The zero-order valence-electron chi connectivity index (χ0n) is 22.1. The number of fused-ring (bicyclic) bond motifs is 1. The van der Waals surface area contributed by atoms with Crippen molar-refractivity contribution in [1.82, 2.24) is 0 Å². The Kier molecular flexibility index (Phi) is 7.89. The van der Waals surface area contributed by atoms with Crippen LogP contribution in [0.15, 0.2) is 65.1 Å². The number of halogens is 1. The largest absolute Gasteiger partial charge is 0.755 e. The summed E-state index contributed by atoms with van der Waals surface area (Å²) in [7, 11) is 1.36. The number of anilines is 1. The van der Waals surface area contributed by atoms with E-state index < -0.39 is 34.6 Å². The van der Waals surface area contributed by atoms with Gasteiger partial charge in [0.1, 0.15) is 28.3 Å². The molecular weight excluding hydrogens is 525 g/mol. The normalized spacial score (nSPS) is 12.3. The molecule has 39 heavy (non-hydrogen) atoms. The van der Waals surface area contributed by atoms with Gasteiger partial charge in [-0.15, -0.1) is 0 Å². The van der Waals surface area contributed by atoms with Gasteiger partial charge in [-0.05, 0) is 75.7 Å². The van der Waals surface area contributed by atoms with Crippen LogP contribution in [0.5, 0.6) is 0 Å². The summed E-state index contributed by atoms with van der Waals surface area (Å²) in [4.78, 5) is 25.9. The lowest BCUT2D eigenvalue weighted by atomic mass is 9.97. The molecule has 10 heteroatoms. The van der Waals surface area contributed by atoms with Gasteiger partial charge in [0.05, 0.1) is 17.9 Å². The number of esters is 2. The summed E-state index contributed by atoms with van der Waals surface area (Å²) < 4.78 is 55.4. The fourth-order valence-electron chi connectivity index (χ4n) is 4.07. The smallest absolute Gasteiger partial charge is 0.342 e. The molecule has 0 saturated heterocycles. The van der Waals surface area contributed by atoms with E-state index in [9.17, 15) is 22.7 Å². The van der Waals surface area contributed by atoms with E-state index in [0.29, 0.717) is 22.1 Å². The Morgan fingerprint density at radius 2 is 1.72 bits per heavy atom. The number of hydrogen-bond donors (Lipinski definition) is 0. The van der Waals surface area contributed by atoms with Crippen LogP contribution in [0, 0.1) is 5.82 Å². The highest BCUT2D eigenvalue weighted by Gasteiger charge is 2.26. The average Bonchev–Trinajstić information content (AvgIpc) is 3.25. The summed E-state index contributed by atoms with van der Waals surface area (Å²) in [5, 5.41) is 0.360. The molecule has 1 unspecified atom stereocenters. The highest BCUT2D eigenvalue weighted by atomic mass is 32.2. The second-order valence-corrected chi connectivity index (χ2v) is 10.7. The van der Waals surface area contributed by atoms with E-state index in [0.717, 1.165) is 4.31 Å². The van der Waals surface area contributed by atoms with Gasteiger partial charge in [-0.2, -0.15) is 0 Å². The molecule has 0 aliphatic carbocycles. The molecule has 3 aromatic carbocycles. The van der Waals surface area contributed by atoms with Crippen molar-refractivity contribution >= 4 is 39.9 Å². The van der Waals surface area contributed by atoms with Gasteiger partial charge in [-0.25, -0.2) is 14.0 Å². The molecule has 1 heterocycles. The van der Waals surface area contributed by atoms with Crippen LogP contribution in [0.1, 0.15) is 48.4 Å². The number of rotatable bonds is 7. The number of ether oxygens (including phenoxy) is 2. The van der Waals surface area contributed by atoms with Gasteiger partial charge in [-0.1, -0.05) is 12.1 Å². The molecule has 0 amide bonds. The van der Waals surface area contributed by atoms with Gasteiger partial charge in [0.2, 0.25) is 0 Å². The van der Waals surface area contributed by atoms with Crippen LogP contribution in [0.3, 0.4) is 0 Å². The van der Waals surface area contributed by atoms with Crippen LogP contribution in [0.4, 0.5) is 10.1 Å². The van der Waals surface area contributed by atoms with Crippen LogP contribution in [0.2, 0.25) is 0 Å². The van der Waals surface area contributed by atoms with Crippen LogP contribution in [-0.4, -0.2) is 40.0 Å². The standard InChI is InChI=1S/C29H28FNO7S/c1-6-36-28(33)25-22-15-21(18-8-7-9-19(14-18)27(32)38-29(2,3)4)23(31(5)39(34)35)16-24(22)37-26(25)17-10-12-20(30)13-11-17/h7-16H,6H2,1-5H3,(H,34,35)/p-1. The minimum Gasteiger partial charge on any atom is -0.755 e. The SMILES string of the molecule is CCOC(=O)c1c(-c2ccc(F)cc2)oc2cc(N(C)S(=O)[O-])c(-c3cccc(C(=O)OC(C)(C)C)c3)cc12. The molecular formula is C29H27FNO7S-. The second kappa shape index (κ2) is 11.0. The molecule has 0 radical (unpaired) electrons. The molecule has 0 saturated carbocycles. The first kappa shape index (κ1) is 28.0. The van der Waals surface area contributed by atoms with Crippen molar-refractivity contribution in [2.24, 2.45) is 0 Å². The predicted octanol–water partition coefficient (Wildman–Crippen LogP) is 6.27. The molecule has 204 valence electrons. The van der Waals surface area contributed by atoms with Crippen molar-refractivity contribution in [2.45, 2.75) is 33.3 Å². The third-order valence-corrected chi connectivity index (χ3v) is 6.41. The Bertz CT molecular complexity index is 1570. The highest BCUT2D eigenvalue weighted by molar-refractivity contribution is 7.80. The molecule has 4 aromatic rings. The Morgan fingerprint density at radius 3 is 2.33 bits per heavy atom. The molecule has 1 aromatic heterocycles. The molecule has 0 aliphatic heterocycles. The maximum absolute atomic E-state index is 13.6. The quantitative estimate of drug-likeness (QED) is 0.196. The van der Waals surface area contributed by atoms with Gasteiger partial charge in [0.15, 0.2) is 0 Å². The van der Waals surface area contributed by atoms with Gasteiger partial charge < -0.3 is 22.7 Å². The topological polar surface area (TPSA) is 109 Å². The summed E-state index contributed by atoms with van der Waals surface area (Å²) in [6.45, 7) is 7.05. The van der Waals surface area contributed by atoms with E-state index in [1.807, 2.05) is 0 Å². The van der Waals surface area contributed by atoms with E-state index in [1.54, 1.807) is 58.0 Å². The number of nitrogens with zero attached hydrogens (tertiary/aromatic N) is 1. The summed E-state index contributed by atoms with van der Waals surface area (Å²) >= 11 is -2.65. The highest BCUT2D eigenvalue weighted by Crippen LogP contribution is 2.41. The number of carbonyl (C=O) groups excluding carboxylic acids is 2. The summed E-state index contributed by atoms with van der Waals surface area (Å²) in [5.74, 6) is -1.50. The lowest BCUT2D eigenvalue weighted by molar-refractivity contribution is 0.00692. The van der Waals surface area contributed by atoms with E-state index in [1.165, 1.54) is 37.4 Å². The molecule has 0 N–H and O–H groups in total. The van der Waals surface area contributed by atoms with E-state index in [-0.39, 0.29) is 34.8 Å². The van der Waals surface area contributed by atoms with Gasteiger partial charge in [0, 0.05) is 40.9 Å². The van der Waals surface area contributed by atoms with Gasteiger partial charge in [-0.3, -0.25) is 4.21 Å². The molecule has 0 fully saturated rings. The Labute approximate surface area is 227 Å². The fraction of sp³-hybridized carbons (Fsp3) is 0.241. The van der Waals surface area contributed by atoms with Crippen molar-refractivity contribution in [3.63, 3.8) is 0 Å². The number of carbonyl (C=O) groups is 2. The molecule has 0 spiro atoms. The summed E-state index contributed by atoms with van der Waals surface area (Å²) in [6, 6.07) is 15.1. The van der Waals surface area contributed by atoms with Gasteiger partial charge in [0.25, 0.3) is 0 Å². The summed E-state index contributed by atoms with van der Waals surface area (Å²) in [5.41, 5.74) is 1.49. The van der Waals surface area contributed by atoms with E-state index in [4.69, 9.17) is 13.9 Å². The molecule has 0 bridgehead atoms.